The van der Waals surface area contributed by atoms with Crippen LogP contribution in [0.3, 0.4) is 0 Å². The molecule has 0 fully saturated rings. The monoisotopic (exact) mass is 271 g/mol. The summed E-state index contributed by atoms with van der Waals surface area (Å²) < 4.78 is 3.00. The zero-order chi connectivity index (χ0) is 14.3. The number of hydrogen-bond acceptors (Lipinski definition) is 3. The molecule has 6 heteroatoms. The maximum absolute atomic E-state index is 12.5. The van der Waals surface area contributed by atoms with E-state index < -0.39 is 12.0 Å². The Hall–Kier alpha value is -2.63. The van der Waals surface area contributed by atoms with Crippen molar-refractivity contribution in [2.75, 3.05) is 0 Å². The molecule has 0 radical (unpaired) electrons. The average molecular weight is 271 g/mol. The zero-order valence-corrected chi connectivity index (χ0v) is 10.9. The second-order valence-corrected chi connectivity index (χ2v) is 4.55. The molecular formula is C14H13N3O3. The van der Waals surface area contributed by atoms with Gasteiger partial charge in [-0.1, -0.05) is 6.92 Å². The summed E-state index contributed by atoms with van der Waals surface area (Å²) in [6.07, 6.45) is 3.65. The van der Waals surface area contributed by atoms with Crippen molar-refractivity contribution in [2.24, 2.45) is 0 Å². The lowest BCUT2D eigenvalue weighted by molar-refractivity contribution is -0.141. The highest BCUT2D eigenvalue weighted by atomic mass is 16.4. The lowest BCUT2D eigenvalue weighted by Crippen LogP contribution is -2.31. The Balaban J connectivity index is 2.53. The normalized spacial score (nSPS) is 12.8. The van der Waals surface area contributed by atoms with E-state index in [4.69, 9.17) is 0 Å². The van der Waals surface area contributed by atoms with Crippen molar-refractivity contribution >= 4 is 22.6 Å². The maximum atomic E-state index is 12.5. The van der Waals surface area contributed by atoms with E-state index in [1.807, 2.05) is 6.07 Å². The van der Waals surface area contributed by atoms with Gasteiger partial charge in [-0.3, -0.25) is 9.36 Å². The molecule has 0 amide bonds. The summed E-state index contributed by atoms with van der Waals surface area (Å²) in [5, 5.41) is 9.34. The molecule has 0 saturated carbocycles. The number of fused-ring (bicyclic) bond motifs is 3. The highest BCUT2D eigenvalue weighted by Crippen LogP contribution is 2.18. The van der Waals surface area contributed by atoms with Gasteiger partial charge in [0.2, 0.25) is 0 Å². The van der Waals surface area contributed by atoms with Gasteiger partial charge in [0.05, 0.1) is 5.52 Å². The molecule has 0 spiro atoms. The number of aliphatic carboxylic acids is 1. The molecule has 1 N–H and O–H groups in total. The van der Waals surface area contributed by atoms with Gasteiger partial charge in [-0.05, 0) is 30.7 Å². The Kier molecular flexibility index (Phi) is 2.78. The van der Waals surface area contributed by atoms with Gasteiger partial charge >= 0.3 is 5.97 Å². The van der Waals surface area contributed by atoms with Crippen LogP contribution in [-0.2, 0) is 4.79 Å². The van der Waals surface area contributed by atoms with Gasteiger partial charge in [-0.25, -0.2) is 9.78 Å². The van der Waals surface area contributed by atoms with Crippen molar-refractivity contribution in [1.29, 1.82) is 0 Å². The van der Waals surface area contributed by atoms with Crippen LogP contribution >= 0.6 is 0 Å². The first-order valence-corrected chi connectivity index (χ1v) is 6.34. The smallest absolute Gasteiger partial charge is 0.326 e. The minimum Gasteiger partial charge on any atom is -0.480 e. The fourth-order valence-corrected chi connectivity index (χ4v) is 2.50. The molecule has 102 valence electrons. The Morgan fingerprint density at radius 3 is 2.80 bits per heavy atom. The summed E-state index contributed by atoms with van der Waals surface area (Å²) >= 11 is 0. The highest BCUT2D eigenvalue weighted by molar-refractivity contribution is 5.79. The van der Waals surface area contributed by atoms with E-state index in [9.17, 15) is 14.7 Å². The number of carbonyl (C=O) groups is 1. The Labute approximate surface area is 113 Å². The number of hydrogen-bond donors (Lipinski definition) is 1. The van der Waals surface area contributed by atoms with E-state index in [0.29, 0.717) is 23.1 Å². The molecule has 0 aromatic carbocycles. The highest BCUT2D eigenvalue weighted by Gasteiger charge is 2.23. The fourth-order valence-electron chi connectivity index (χ4n) is 2.50. The molecule has 0 aliphatic rings. The Morgan fingerprint density at radius 1 is 1.35 bits per heavy atom. The summed E-state index contributed by atoms with van der Waals surface area (Å²) in [4.78, 5) is 28.2. The van der Waals surface area contributed by atoms with E-state index in [1.165, 1.54) is 4.57 Å². The number of aromatic nitrogens is 3. The van der Waals surface area contributed by atoms with Gasteiger partial charge in [0.1, 0.15) is 11.6 Å². The topological polar surface area (TPSA) is 76.6 Å². The van der Waals surface area contributed by atoms with E-state index in [2.05, 4.69) is 4.98 Å². The van der Waals surface area contributed by atoms with Gasteiger partial charge < -0.3 is 9.51 Å². The van der Waals surface area contributed by atoms with E-state index in [1.54, 1.807) is 41.9 Å². The number of carboxylic acid groups (broad SMARTS) is 1. The summed E-state index contributed by atoms with van der Waals surface area (Å²) in [5.74, 6) is -1.03. The third-order valence-corrected chi connectivity index (χ3v) is 3.42. The number of nitrogens with zero attached hydrogens (tertiary/aromatic N) is 3. The van der Waals surface area contributed by atoms with E-state index in [0.717, 1.165) is 0 Å². The Morgan fingerprint density at radius 2 is 2.10 bits per heavy atom. The molecule has 1 atom stereocenters. The zero-order valence-electron chi connectivity index (χ0n) is 10.9. The third-order valence-electron chi connectivity index (χ3n) is 3.42. The quantitative estimate of drug-likeness (QED) is 0.786. The lowest BCUT2D eigenvalue weighted by Gasteiger charge is -2.16. The molecule has 3 aromatic heterocycles. The van der Waals surface area contributed by atoms with Crippen molar-refractivity contribution in [1.82, 2.24) is 14.0 Å². The molecule has 3 heterocycles. The van der Waals surface area contributed by atoms with Crippen molar-refractivity contribution < 1.29 is 9.90 Å². The summed E-state index contributed by atoms with van der Waals surface area (Å²) in [5.41, 5.74) is 1.21. The van der Waals surface area contributed by atoms with E-state index in [-0.39, 0.29) is 5.56 Å². The lowest BCUT2D eigenvalue weighted by atomic mass is 10.2. The first-order valence-electron chi connectivity index (χ1n) is 6.34. The van der Waals surface area contributed by atoms with Gasteiger partial charge in [-0.2, -0.15) is 0 Å². The molecular weight excluding hydrogens is 258 g/mol. The van der Waals surface area contributed by atoms with Gasteiger partial charge in [-0.15, -0.1) is 0 Å². The van der Waals surface area contributed by atoms with Crippen molar-refractivity contribution in [3.8, 4) is 0 Å². The predicted molar refractivity (Wildman–Crippen MR) is 73.9 cm³/mol. The van der Waals surface area contributed by atoms with E-state index >= 15 is 0 Å². The molecule has 0 aliphatic heterocycles. The van der Waals surface area contributed by atoms with Gasteiger partial charge in [0.15, 0.2) is 5.65 Å². The third kappa shape index (κ3) is 1.61. The molecule has 0 bridgehead atoms. The second kappa shape index (κ2) is 4.48. The van der Waals surface area contributed by atoms with Crippen LogP contribution in [0.4, 0.5) is 0 Å². The minimum atomic E-state index is -1.03. The standard InChI is InChI=1S/C14H13N3O3/c1-2-9(14(19)20)17-12-10(5-3-7-15-12)16-8-4-6-11(16)13(17)18/h3-9H,2H2,1H3,(H,19,20). The van der Waals surface area contributed by atoms with Crippen LogP contribution < -0.4 is 5.56 Å². The molecule has 0 aliphatic carbocycles. The van der Waals surface area contributed by atoms with Crippen LogP contribution in [0.5, 0.6) is 0 Å². The molecule has 3 rings (SSSR count). The van der Waals surface area contributed by atoms with Crippen LogP contribution in [0.2, 0.25) is 0 Å². The van der Waals surface area contributed by atoms with Crippen LogP contribution in [0.15, 0.2) is 41.5 Å². The van der Waals surface area contributed by atoms with Crippen molar-refractivity contribution in [3.63, 3.8) is 0 Å². The van der Waals surface area contributed by atoms with Gasteiger partial charge in [0.25, 0.3) is 5.56 Å². The van der Waals surface area contributed by atoms with Crippen molar-refractivity contribution in [3.05, 3.63) is 47.0 Å². The SMILES string of the molecule is CCC(C(=O)O)n1c(=O)c2cccn2c2cccnc21. The second-order valence-electron chi connectivity index (χ2n) is 4.55. The number of pyridine rings is 1. The maximum Gasteiger partial charge on any atom is 0.326 e. The van der Waals surface area contributed by atoms with Crippen LogP contribution in [0, 0.1) is 0 Å². The molecule has 6 nitrogen and oxygen atoms in total. The summed E-state index contributed by atoms with van der Waals surface area (Å²) in [6.45, 7) is 1.74. The first-order chi connectivity index (χ1) is 9.65. The summed E-state index contributed by atoms with van der Waals surface area (Å²) in [6, 6.07) is 6.10. The van der Waals surface area contributed by atoms with Crippen LogP contribution in [-0.4, -0.2) is 25.0 Å². The largest absolute Gasteiger partial charge is 0.480 e. The number of rotatable bonds is 3. The van der Waals surface area contributed by atoms with Crippen molar-refractivity contribution in [2.45, 2.75) is 19.4 Å². The van der Waals surface area contributed by atoms with Crippen LogP contribution in [0.25, 0.3) is 16.7 Å². The van der Waals surface area contributed by atoms with Gasteiger partial charge in [0, 0.05) is 12.4 Å². The number of carboxylic acids is 1. The fraction of sp³-hybridized carbons (Fsp3) is 0.214. The minimum absolute atomic E-state index is 0.317. The average Bonchev–Trinajstić information content (AvgIpc) is 2.92. The molecule has 1 unspecified atom stereocenters. The first kappa shape index (κ1) is 12.4. The molecule has 0 saturated heterocycles. The molecule has 20 heavy (non-hydrogen) atoms. The van der Waals surface area contributed by atoms with Crippen LogP contribution in [0.1, 0.15) is 19.4 Å². The molecule has 3 aromatic rings. The summed E-state index contributed by atoms with van der Waals surface area (Å²) in [7, 11) is 0. The Bertz CT molecular complexity index is 863. The predicted octanol–water partition coefficient (Wildman–Crippen LogP) is 1.68.